The van der Waals surface area contributed by atoms with Crippen molar-refractivity contribution in [1.82, 2.24) is 9.55 Å². The van der Waals surface area contributed by atoms with E-state index < -0.39 is 0 Å². The Morgan fingerprint density at radius 3 is 2.74 bits per heavy atom. The van der Waals surface area contributed by atoms with E-state index in [1.807, 2.05) is 31.2 Å². The van der Waals surface area contributed by atoms with Crippen LogP contribution in [-0.4, -0.2) is 9.55 Å². The second-order valence-corrected chi connectivity index (χ2v) is 4.68. The van der Waals surface area contributed by atoms with Gasteiger partial charge in [0.2, 0.25) is 5.95 Å². The zero-order chi connectivity index (χ0) is 13.6. The number of benzene rings is 2. The van der Waals surface area contributed by atoms with E-state index in [2.05, 4.69) is 4.98 Å². The van der Waals surface area contributed by atoms with Crippen molar-refractivity contribution in [2.75, 3.05) is 5.73 Å². The maximum absolute atomic E-state index is 13.7. The first kappa shape index (κ1) is 11.7. The van der Waals surface area contributed by atoms with E-state index in [0.29, 0.717) is 11.5 Å². The minimum absolute atomic E-state index is 0.245. The highest BCUT2D eigenvalue weighted by atomic mass is 19.1. The smallest absolute Gasteiger partial charge is 0.205 e. The van der Waals surface area contributed by atoms with Crippen LogP contribution in [0.3, 0.4) is 0 Å². The van der Waals surface area contributed by atoms with Crippen LogP contribution in [0.1, 0.15) is 11.1 Å². The molecule has 0 unspecified atom stereocenters. The normalized spacial score (nSPS) is 11.1. The van der Waals surface area contributed by atoms with Crippen LogP contribution in [-0.2, 0) is 0 Å². The van der Waals surface area contributed by atoms with Crippen molar-refractivity contribution >= 4 is 17.0 Å². The highest BCUT2D eigenvalue weighted by Gasteiger charge is 2.13. The molecule has 0 aliphatic heterocycles. The molecule has 0 amide bonds. The lowest BCUT2D eigenvalue weighted by atomic mass is 10.1. The van der Waals surface area contributed by atoms with Gasteiger partial charge in [-0.3, -0.25) is 4.57 Å². The van der Waals surface area contributed by atoms with Gasteiger partial charge in [0.25, 0.3) is 0 Å². The standard InChI is InChI=1S/C15H14FN3/c1-9-6-7-14-12(8-9)18-15(17)19(14)13-5-3-4-11(16)10(13)2/h3-8H,1-2H3,(H2,17,18). The minimum Gasteiger partial charge on any atom is -0.369 e. The number of nitrogens with zero attached hydrogens (tertiary/aromatic N) is 2. The Morgan fingerprint density at radius 1 is 1.16 bits per heavy atom. The molecule has 0 spiro atoms. The van der Waals surface area contributed by atoms with Gasteiger partial charge in [-0.1, -0.05) is 12.1 Å². The van der Waals surface area contributed by atoms with Gasteiger partial charge in [-0.2, -0.15) is 0 Å². The Labute approximate surface area is 110 Å². The van der Waals surface area contributed by atoms with Crippen molar-refractivity contribution in [3.8, 4) is 5.69 Å². The number of nitrogens with two attached hydrogens (primary N) is 1. The molecule has 0 atom stereocenters. The fraction of sp³-hybridized carbons (Fsp3) is 0.133. The van der Waals surface area contributed by atoms with Crippen LogP contribution >= 0.6 is 0 Å². The molecule has 3 nitrogen and oxygen atoms in total. The van der Waals surface area contributed by atoms with Crippen molar-refractivity contribution in [1.29, 1.82) is 0 Å². The maximum atomic E-state index is 13.7. The number of aromatic nitrogens is 2. The summed E-state index contributed by atoms with van der Waals surface area (Å²) in [4.78, 5) is 4.34. The number of rotatable bonds is 1. The third-order valence-corrected chi connectivity index (χ3v) is 3.32. The number of aryl methyl sites for hydroxylation is 1. The first-order valence-electron chi connectivity index (χ1n) is 6.08. The van der Waals surface area contributed by atoms with Crippen LogP contribution in [0.4, 0.5) is 10.3 Å². The zero-order valence-electron chi connectivity index (χ0n) is 10.8. The minimum atomic E-state index is -0.245. The molecule has 19 heavy (non-hydrogen) atoms. The molecule has 3 rings (SSSR count). The molecule has 0 radical (unpaired) electrons. The first-order valence-corrected chi connectivity index (χ1v) is 6.08. The van der Waals surface area contributed by atoms with E-state index in [0.717, 1.165) is 22.3 Å². The molecule has 1 heterocycles. The number of hydrogen-bond donors (Lipinski definition) is 1. The van der Waals surface area contributed by atoms with Crippen molar-refractivity contribution in [2.45, 2.75) is 13.8 Å². The van der Waals surface area contributed by atoms with Gasteiger partial charge in [0, 0.05) is 5.56 Å². The summed E-state index contributed by atoms with van der Waals surface area (Å²) in [6.07, 6.45) is 0. The Balaban J connectivity index is 2.36. The summed E-state index contributed by atoms with van der Waals surface area (Å²) in [7, 11) is 0. The van der Waals surface area contributed by atoms with E-state index in [4.69, 9.17) is 5.73 Å². The molecule has 2 aromatic carbocycles. The summed E-state index contributed by atoms with van der Waals surface area (Å²) in [5.74, 6) is 0.125. The highest BCUT2D eigenvalue weighted by molar-refractivity contribution is 5.81. The van der Waals surface area contributed by atoms with E-state index in [-0.39, 0.29) is 5.82 Å². The molecule has 3 aromatic rings. The van der Waals surface area contributed by atoms with Crippen LogP contribution in [0.5, 0.6) is 0 Å². The van der Waals surface area contributed by atoms with Gasteiger partial charge in [-0.25, -0.2) is 9.37 Å². The summed E-state index contributed by atoms with van der Waals surface area (Å²) in [6.45, 7) is 3.74. The topological polar surface area (TPSA) is 43.8 Å². The van der Waals surface area contributed by atoms with Gasteiger partial charge in [0.15, 0.2) is 0 Å². The Hall–Kier alpha value is -2.36. The third-order valence-electron chi connectivity index (χ3n) is 3.32. The average Bonchev–Trinajstić information content (AvgIpc) is 2.68. The van der Waals surface area contributed by atoms with Crippen LogP contribution in [0, 0.1) is 19.7 Å². The lowest BCUT2D eigenvalue weighted by Gasteiger charge is -2.10. The Kier molecular flexibility index (Phi) is 2.52. The summed E-state index contributed by atoms with van der Waals surface area (Å²) in [5, 5.41) is 0. The van der Waals surface area contributed by atoms with Crippen molar-refractivity contribution in [3.05, 3.63) is 53.3 Å². The number of nitrogen functional groups attached to an aromatic ring is 1. The van der Waals surface area contributed by atoms with Gasteiger partial charge in [-0.05, 0) is 43.7 Å². The summed E-state index contributed by atoms with van der Waals surface area (Å²) in [6, 6.07) is 10.9. The maximum Gasteiger partial charge on any atom is 0.205 e. The van der Waals surface area contributed by atoms with Crippen LogP contribution in [0.2, 0.25) is 0 Å². The molecule has 0 bridgehead atoms. The second kappa shape index (κ2) is 4.09. The molecule has 0 aliphatic carbocycles. The van der Waals surface area contributed by atoms with Gasteiger partial charge in [0.1, 0.15) is 5.82 Å². The SMILES string of the molecule is Cc1ccc2c(c1)nc(N)n2-c1cccc(F)c1C. The fourth-order valence-corrected chi connectivity index (χ4v) is 2.30. The largest absolute Gasteiger partial charge is 0.369 e. The summed E-state index contributed by atoms with van der Waals surface area (Å²) < 4.78 is 15.5. The molecular formula is C15H14FN3. The van der Waals surface area contributed by atoms with Crippen molar-refractivity contribution in [3.63, 3.8) is 0 Å². The summed E-state index contributed by atoms with van der Waals surface area (Å²) >= 11 is 0. The van der Waals surface area contributed by atoms with Gasteiger partial charge < -0.3 is 5.73 Å². The predicted octanol–water partition coefficient (Wildman–Crippen LogP) is 3.36. The van der Waals surface area contributed by atoms with Crippen LogP contribution < -0.4 is 5.73 Å². The van der Waals surface area contributed by atoms with Crippen molar-refractivity contribution < 1.29 is 4.39 Å². The number of anilines is 1. The molecule has 96 valence electrons. The Morgan fingerprint density at radius 2 is 1.95 bits per heavy atom. The Bertz CT molecular complexity index is 774. The van der Waals surface area contributed by atoms with E-state index >= 15 is 0 Å². The molecule has 0 saturated heterocycles. The number of hydrogen-bond acceptors (Lipinski definition) is 2. The molecule has 0 aliphatic rings. The molecule has 0 saturated carbocycles. The van der Waals surface area contributed by atoms with Gasteiger partial charge >= 0.3 is 0 Å². The quantitative estimate of drug-likeness (QED) is 0.724. The molecule has 2 N–H and O–H groups in total. The lowest BCUT2D eigenvalue weighted by molar-refractivity contribution is 0.617. The summed E-state index contributed by atoms with van der Waals surface area (Å²) in [5.41, 5.74) is 10.1. The first-order chi connectivity index (χ1) is 9.08. The predicted molar refractivity (Wildman–Crippen MR) is 74.9 cm³/mol. The second-order valence-electron chi connectivity index (χ2n) is 4.68. The number of fused-ring (bicyclic) bond motifs is 1. The molecule has 1 aromatic heterocycles. The number of halogens is 1. The average molecular weight is 255 g/mol. The van der Waals surface area contributed by atoms with E-state index in [1.54, 1.807) is 17.6 Å². The van der Waals surface area contributed by atoms with Crippen LogP contribution in [0.15, 0.2) is 36.4 Å². The third kappa shape index (κ3) is 1.76. The van der Waals surface area contributed by atoms with Gasteiger partial charge in [-0.15, -0.1) is 0 Å². The monoisotopic (exact) mass is 255 g/mol. The van der Waals surface area contributed by atoms with E-state index in [1.165, 1.54) is 6.07 Å². The zero-order valence-corrected chi connectivity index (χ0v) is 10.8. The fourth-order valence-electron chi connectivity index (χ4n) is 2.30. The van der Waals surface area contributed by atoms with Crippen molar-refractivity contribution in [2.24, 2.45) is 0 Å². The molecule has 0 fully saturated rings. The van der Waals surface area contributed by atoms with E-state index in [9.17, 15) is 4.39 Å². The lowest BCUT2D eigenvalue weighted by Crippen LogP contribution is -2.03. The van der Waals surface area contributed by atoms with Crippen LogP contribution in [0.25, 0.3) is 16.7 Å². The molecule has 4 heteroatoms. The number of imidazole rings is 1. The highest BCUT2D eigenvalue weighted by Crippen LogP contribution is 2.26. The van der Waals surface area contributed by atoms with Gasteiger partial charge in [0.05, 0.1) is 16.7 Å². The molecular weight excluding hydrogens is 241 g/mol.